The third-order valence-electron chi connectivity index (χ3n) is 3.11. The number of imidazole rings is 1. The number of aromatic nitrogens is 2. The highest BCUT2D eigenvalue weighted by Crippen LogP contribution is 2.18. The number of hydrogen-bond acceptors (Lipinski definition) is 4. The van der Waals surface area contributed by atoms with E-state index in [1.54, 1.807) is 19.1 Å². The van der Waals surface area contributed by atoms with E-state index >= 15 is 0 Å². The van der Waals surface area contributed by atoms with E-state index in [-0.39, 0.29) is 5.03 Å². The Morgan fingerprint density at radius 2 is 1.95 bits per heavy atom. The van der Waals surface area contributed by atoms with Crippen molar-refractivity contribution in [2.75, 3.05) is 12.3 Å². The molecular weight excluding hydrogens is 288 g/mol. The fraction of sp³-hybridized carbons (Fsp3) is 0.357. The average Bonchev–Trinajstić information content (AvgIpc) is 2.88. The number of H-pyrrole nitrogens is 1. The molecular formula is C14H20N4O2S. The predicted octanol–water partition coefficient (Wildman–Crippen LogP) is 1.90. The zero-order chi connectivity index (χ0) is 15.5. The molecule has 1 aromatic heterocycles. The summed E-state index contributed by atoms with van der Waals surface area (Å²) in [6, 6.07) is 7.22. The molecule has 0 aliphatic carbocycles. The monoisotopic (exact) mass is 308 g/mol. The summed E-state index contributed by atoms with van der Waals surface area (Å²) >= 11 is 0. The predicted molar refractivity (Wildman–Crippen MR) is 82.1 cm³/mol. The van der Waals surface area contributed by atoms with Crippen LogP contribution in [0.4, 0.5) is 5.69 Å². The molecule has 6 nitrogen and oxygen atoms in total. The summed E-state index contributed by atoms with van der Waals surface area (Å²) in [5, 5.41) is 0.129. The van der Waals surface area contributed by atoms with Crippen LogP contribution in [-0.4, -0.2) is 29.2 Å². The lowest BCUT2D eigenvalue weighted by atomic mass is 10.2. The number of rotatable bonds is 6. The molecule has 114 valence electrons. The lowest BCUT2D eigenvalue weighted by Gasteiger charge is -2.20. The van der Waals surface area contributed by atoms with Gasteiger partial charge in [0, 0.05) is 18.8 Å². The first kappa shape index (κ1) is 15.5. The van der Waals surface area contributed by atoms with Crippen molar-refractivity contribution in [2.24, 2.45) is 0 Å². The average molecular weight is 308 g/mol. The molecule has 1 heterocycles. The SMILES string of the molecule is CCCN(Cc1ccc(N)cc1)S(=O)(=O)c1cnc(C)[nH]1. The molecule has 21 heavy (non-hydrogen) atoms. The molecule has 0 bridgehead atoms. The first-order valence-electron chi connectivity index (χ1n) is 6.79. The summed E-state index contributed by atoms with van der Waals surface area (Å²) in [6.07, 6.45) is 2.09. The standard InChI is InChI=1S/C14H20N4O2S/c1-3-8-18(10-12-4-6-13(15)7-5-12)21(19,20)14-9-16-11(2)17-14/h4-7,9H,3,8,10,15H2,1-2H3,(H,16,17). The highest BCUT2D eigenvalue weighted by atomic mass is 32.2. The van der Waals surface area contributed by atoms with E-state index in [2.05, 4.69) is 9.97 Å². The molecule has 0 atom stereocenters. The number of nitrogens with zero attached hydrogens (tertiary/aromatic N) is 2. The molecule has 0 fully saturated rings. The molecule has 0 radical (unpaired) electrons. The fourth-order valence-corrected chi connectivity index (χ4v) is 3.51. The number of benzene rings is 1. The molecule has 7 heteroatoms. The van der Waals surface area contributed by atoms with E-state index in [0.29, 0.717) is 24.6 Å². The Kier molecular flexibility index (Phi) is 4.64. The van der Waals surface area contributed by atoms with Crippen molar-refractivity contribution >= 4 is 15.7 Å². The number of hydrogen-bond donors (Lipinski definition) is 2. The third-order valence-corrected chi connectivity index (χ3v) is 4.86. The largest absolute Gasteiger partial charge is 0.399 e. The molecule has 0 unspecified atom stereocenters. The van der Waals surface area contributed by atoms with Crippen LogP contribution in [0.25, 0.3) is 0 Å². The maximum Gasteiger partial charge on any atom is 0.260 e. The first-order valence-corrected chi connectivity index (χ1v) is 8.23. The highest BCUT2D eigenvalue weighted by Gasteiger charge is 2.25. The Balaban J connectivity index is 2.27. The highest BCUT2D eigenvalue weighted by molar-refractivity contribution is 7.89. The van der Waals surface area contributed by atoms with Gasteiger partial charge in [0.05, 0.1) is 6.20 Å². The molecule has 0 aliphatic rings. The number of sulfonamides is 1. The summed E-state index contributed by atoms with van der Waals surface area (Å²) in [6.45, 7) is 4.44. The fourth-order valence-electron chi connectivity index (χ4n) is 2.03. The van der Waals surface area contributed by atoms with Gasteiger partial charge in [0.25, 0.3) is 10.0 Å². The summed E-state index contributed by atoms with van der Waals surface area (Å²) in [7, 11) is -3.57. The molecule has 0 aliphatic heterocycles. The minimum absolute atomic E-state index is 0.129. The van der Waals surface area contributed by atoms with Crippen LogP contribution in [0.15, 0.2) is 35.5 Å². The van der Waals surface area contributed by atoms with E-state index in [4.69, 9.17) is 5.73 Å². The topological polar surface area (TPSA) is 92.1 Å². The second-order valence-corrected chi connectivity index (χ2v) is 6.82. The van der Waals surface area contributed by atoms with Gasteiger partial charge in [-0.1, -0.05) is 19.1 Å². The van der Waals surface area contributed by atoms with Crippen molar-refractivity contribution in [2.45, 2.75) is 31.8 Å². The van der Waals surface area contributed by atoms with Gasteiger partial charge in [-0.05, 0) is 31.0 Å². The molecule has 2 rings (SSSR count). The number of aromatic amines is 1. The number of nitrogens with two attached hydrogens (primary N) is 1. The van der Waals surface area contributed by atoms with Crippen LogP contribution in [-0.2, 0) is 16.6 Å². The van der Waals surface area contributed by atoms with Gasteiger partial charge in [-0.25, -0.2) is 13.4 Å². The Morgan fingerprint density at radius 1 is 1.29 bits per heavy atom. The molecule has 0 saturated heterocycles. The second kappa shape index (κ2) is 6.28. The minimum Gasteiger partial charge on any atom is -0.399 e. The first-order chi connectivity index (χ1) is 9.93. The van der Waals surface area contributed by atoms with E-state index in [9.17, 15) is 8.42 Å². The zero-order valence-electron chi connectivity index (χ0n) is 12.2. The summed E-state index contributed by atoms with van der Waals surface area (Å²) in [4.78, 5) is 6.76. The molecule has 1 aromatic carbocycles. The smallest absolute Gasteiger partial charge is 0.260 e. The van der Waals surface area contributed by atoms with E-state index in [1.165, 1.54) is 10.5 Å². The summed E-state index contributed by atoms with van der Waals surface area (Å²) in [5.74, 6) is 0.581. The van der Waals surface area contributed by atoms with Gasteiger partial charge in [0.1, 0.15) is 5.82 Å². The van der Waals surface area contributed by atoms with Gasteiger partial charge >= 0.3 is 0 Å². The van der Waals surface area contributed by atoms with Gasteiger partial charge in [-0.2, -0.15) is 4.31 Å². The molecule has 2 aromatic rings. The normalized spacial score (nSPS) is 12.0. The zero-order valence-corrected chi connectivity index (χ0v) is 13.0. The van der Waals surface area contributed by atoms with Crippen LogP contribution < -0.4 is 5.73 Å². The van der Waals surface area contributed by atoms with E-state index in [1.807, 2.05) is 19.1 Å². The number of aryl methyl sites for hydroxylation is 1. The van der Waals surface area contributed by atoms with Crippen molar-refractivity contribution in [1.82, 2.24) is 14.3 Å². The van der Waals surface area contributed by atoms with Gasteiger partial charge in [-0.3, -0.25) is 0 Å². The number of nitrogens with one attached hydrogen (secondary N) is 1. The maximum absolute atomic E-state index is 12.6. The van der Waals surface area contributed by atoms with Crippen molar-refractivity contribution in [3.63, 3.8) is 0 Å². The van der Waals surface area contributed by atoms with Crippen molar-refractivity contribution in [3.05, 3.63) is 41.9 Å². The summed E-state index contributed by atoms with van der Waals surface area (Å²) < 4.78 is 26.7. The van der Waals surface area contributed by atoms with Gasteiger partial charge in [-0.15, -0.1) is 0 Å². The number of anilines is 1. The van der Waals surface area contributed by atoms with Crippen LogP contribution in [0.2, 0.25) is 0 Å². The van der Waals surface area contributed by atoms with Crippen molar-refractivity contribution < 1.29 is 8.42 Å². The number of nitrogen functional groups attached to an aromatic ring is 1. The van der Waals surface area contributed by atoms with Crippen LogP contribution >= 0.6 is 0 Å². The van der Waals surface area contributed by atoms with Gasteiger partial charge in [0.2, 0.25) is 0 Å². The van der Waals surface area contributed by atoms with Crippen LogP contribution in [0.5, 0.6) is 0 Å². The quantitative estimate of drug-likeness (QED) is 0.797. The Labute approximate surface area is 125 Å². The Hall–Kier alpha value is -1.86. The van der Waals surface area contributed by atoms with Gasteiger partial charge < -0.3 is 10.7 Å². The molecule has 0 amide bonds. The van der Waals surface area contributed by atoms with Crippen LogP contribution in [0.1, 0.15) is 24.7 Å². The Bertz CT molecular complexity index is 692. The maximum atomic E-state index is 12.6. The second-order valence-electron chi connectivity index (χ2n) is 4.91. The van der Waals surface area contributed by atoms with Crippen molar-refractivity contribution in [1.29, 1.82) is 0 Å². The molecule has 3 N–H and O–H groups in total. The van der Waals surface area contributed by atoms with Crippen LogP contribution in [0.3, 0.4) is 0 Å². The molecule has 0 spiro atoms. The van der Waals surface area contributed by atoms with Crippen molar-refractivity contribution in [3.8, 4) is 0 Å². The Morgan fingerprint density at radius 3 is 2.48 bits per heavy atom. The lowest BCUT2D eigenvalue weighted by molar-refractivity contribution is 0.404. The van der Waals surface area contributed by atoms with E-state index in [0.717, 1.165) is 12.0 Å². The summed E-state index contributed by atoms with van der Waals surface area (Å²) in [5.41, 5.74) is 7.21. The molecule has 0 saturated carbocycles. The van der Waals surface area contributed by atoms with E-state index < -0.39 is 10.0 Å². The minimum atomic E-state index is -3.57. The van der Waals surface area contributed by atoms with Crippen LogP contribution in [0, 0.1) is 6.92 Å². The van der Waals surface area contributed by atoms with Gasteiger partial charge in [0.15, 0.2) is 5.03 Å². The third kappa shape index (κ3) is 3.62. The lowest BCUT2D eigenvalue weighted by Crippen LogP contribution is -2.31.